The monoisotopic (exact) mass is 411 g/mol. The van der Waals surface area contributed by atoms with Gasteiger partial charge in [-0.05, 0) is 36.0 Å². The molecule has 4 rings (SSSR count). The van der Waals surface area contributed by atoms with Crippen molar-refractivity contribution in [2.45, 2.75) is 0 Å². The van der Waals surface area contributed by atoms with Crippen molar-refractivity contribution in [2.24, 2.45) is 0 Å². The number of hydrogen-bond acceptors (Lipinski definition) is 8. The summed E-state index contributed by atoms with van der Waals surface area (Å²) in [6.07, 6.45) is 3.19. The number of rotatable bonds is 4. The topological polar surface area (TPSA) is 96.5 Å². The fourth-order valence-electron chi connectivity index (χ4n) is 2.62. The molecule has 1 N–H and O–H groups in total. The van der Waals surface area contributed by atoms with Crippen LogP contribution in [0.3, 0.4) is 0 Å². The first-order chi connectivity index (χ1) is 13.6. The van der Waals surface area contributed by atoms with Crippen LogP contribution in [0.2, 0.25) is 0 Å². The molecule has 0 spiro atoms. The van der Waals surface area contributed by atoms with Crippen molar-refractivity contribution in [3.63, 3.8) is 0 Å². The number of anilines is 1. The molecule has 0 aliphatic carbocycles. The van der Waals surface area contributed by atoms with E-state index in [-0.39, 0.29) is 11.1 Å². The van der Waals surface area contributed by atoms with E-state index in [1.165, 1.54) is 23.3 Å². The van der Waals surface area contributed by atoms with Crippen LogP contribution < -0.4 is 4.90 Å². The molecule has 3 heterocycles. The van der Waals surface area contributed by atoms with E-state index in [0.29, 0.717) is 27.1 Å². The number of carbonyl (C=O) groups excluding carboxylic acids is 2. The molecule has 0 unspecified atom stereocenters. The smallest absolute Gasteiger partial charge is 0.337 e. The third kappa shape index (κ3) is 3.37. The van der Waals surface area contributed by atoms with Crippen molar-refractivity contribution in [3.05, 3.63) is 64.2 Å². The second-order valence-electron chi connectivity index (χ2n) is 5.65. The summed E-state index contributed by atoms with van der Waals surface area (Å²) < 4.78 is 10.5. The maximum Gasteiger partial charge on any atom is 0.337 e. The van der Waals surface area contributed by atoms with Crippen LogP contribution in [0, 0.1) is 5.41 Å². The highest BCUT2D eigenvalue weighted by Crippen LogP contribution is 2.36. The number of nitrogens with one attached hydrogen (secondary N) is 1. The van der Waals surface area contributed by atoms with Crippen LogP contribution in [0.4, 0.5) is 5.13 Å². The van der Waals surface area contributed by atoms with Gasteiger partial charge < -0.3 is 9.15 Å². The zero-order valence-corrected chi connectivity index (χ0v) is 16.2. The molecular weight excluding hydrogens is 398 g/mol. The maximum absolute atomic E-state index is 12.6. The minimum atomic E-state index is -0.426. The Bertz CT molecular complexity index is 1100. The Morgan fingerprint density at radius 3 is 2.93 bits per heavy atom. The van der Waals surface area contributed by atoms with Gasteiger partial charge in [0.15, 0.2) is 10.3 Å². The molecular formula is C19H13N3O4S2. The number of amides is 1. The van der Waals surface area contributed by atoms with E-state index in [2.05, 4.69) is 4.98 Å². The Morgan fingerprint density at radius 2 is 2.18 bits per heavy atom. The molecule has 7 nitrogen and oxygen atoms in total. The lowest BCUT2D eigenvalue weighted by Crippen LogP contribution is -2.27. The molecule has 1 aliphatic heterocycles. The van der Waals surface area contributed by atoms with Gasteiger partial charge in [0.05, 0.1) is 17.6 Å². The van der Waals surface area contributed by atoms with Gasteiger partial charge in [-0.2, -0.15) is 0 Å². The Morgan fingerprint density at radius 1 is 1.32 bits per heavy atom. The van der Waals surface area contributed by atoms with E-state index in [0.717, 1.165) is 17.3 Å². The first-order valence-corrected chi connectivity index (χ1v) is 9.77. The minimum absolute atomic E-state index is 0.101. The predicted octanol–water partition coefficient (Wildman–Crippen LogP) is 4.25. The van der Waals surface area contributed by atoms with Crippen LogP contribution in [-0.2, 0) is 9.53 Å². The van der Waals surface area contributed by atoms with Crippen LogP contribution in [0.15, 0.2) is 57.3 Å². The molecule has 1 fully saturated rings. The number of thiazole rings is 1. The fourth-order valence-corrected chi connectivity index (χ4v) is 4.14. The van der Waals surface area contributed by atoms with E-state index in [1.807, 2.05) is 6.07 Å². The summed E-state index contributed by atoms with van der Waals surface area (Å²) in [5.74, 6) is 0.295. The largest absolute Gasteiger partial charge is 0.465 e. The van der Waals surface area contributed by atoms with Crippen molar-refractivity contribution in [1.82, 2.24) is 4.98 Å². The van der Waals surface area contributed by atoms with Crippen LogP contribution in [0.25, 0.3) is 17.4 Å². The molecule has 1 aliphatic rings. The number of esters is 1. The number of ether oxygens (including phenoxy) is 1. The average Bonchev–Trinajstić information content (AvgIpc) is 3.43. The second kappa shape index (κ2) is 7.45. The molecule has 2 aromatic heterocycles. The van der Waals surface area contributed by atoms with E-state index < -0.39 is 5.97 Å². The van der Waals surface area contributed by atoms with E-state index in [9.17, 15) is 9.59 Å². The van der Waals surface area contributed by atoms with Gasteiger partial charge in [-0.15, -0.1) is 11.3 Å². The Hall–Kier alpha value is -3.17. The molecule has 0 atom stereocenters. The van der Waals surface area contributed by atoms with Gasteiger partial charge in [0, 0.05) is 23.2 Å². The summed E-state index contributed by atoms with van der Waals surface area (Å²) in [4.78, 5) is 30.1. The Kier molecular flexibility index (Phi) is 4.84. The molecule has 1 saturated heterocycles. The zero-order valence-electron chi connectivity index (χ0n) is 14.5. The highest BCUT2D eigenvalue weighted by atomic mass is 32.2. The summed E-state index contributed by atoms with van der Waals surface area (Å²) in [5.41, 5.74) is 1.14. The number of thioether (sulfide) groups is 1. The van der Waals surface area contributed by atoms with Gasteiger partial charge in [-0.3, -0.25) is 10.2 Å². The molecule has 3 aromatic rings. The number of methoxy groups -OCH3 is 1. The average molecular weight is 411 g/mol. The Balaban J connectivity index is 1.59. The fraction of sp³-hybridized carbons (Fsp3) is 0.0526. The molecule has 1 amide bonds. The first-order valence-electron chi connectivity index (χ1n) is 8.07. The van der Waals surface area contributed by atoms with E-state index in [1.54, 1.807) is 48.0 Å². The summed E-state index contributed by atoms with van der Waals surface area (Å²) >= 11 is 2.35. The highest BCUT2D eigenvalue weighted by Gasteiger charge is 2.35. The summed E-state index contributed by atoms with van der Waals surface area (Å²) in [5, 5.41) is 10.4. The van der Waals surface area contributed by atoms with Crippen LogP contribution in [0.5, 0.6) is 0 Å². The van der Waals surface area contributed by atoms with Gasteiger partial charge >= 0.3 is 5.97 Å². The number of hydrogen-bond donors (Lipinski definition) is 1. The molecule has 0 bridgehead atoms. The first kappa shape index (κ1) is 18.2. The van der Waals surface area contributed by atoms with Crippen molar-refractivity contribution in [1.29, 1.82) is 5.41 Å². The number of nitrogens with zero attached hydrogens (tertiary/aromatic N) is 2. The standard InChI is InChI=1S/C19H13N3O4S2/c1-25-17(24)12-4-2-3-11(9-12)14-6-5-13(26-14)10-15-16(23)22(18(20)28-15)19-21-7-8-27-19/h2-10,20H,1H3/b15-10-,20-18?. The summed E-state index contributed by atoms with van der Waals surface area (Å²) in [7, 11) is 1.33. The number of amidine groups is 1. The van der Waals surface area contributed by atoms with Crippen LogP contribution >= 0.6 is 23.1 Å². The normalized spacial score (nSPS) is 15.5. The van der Waals surface area contributed by atoms with Crippen molar-refractivity contribution < 1.29 is 18.7 Å². The van der Waals surface area contributed by atoms with E-state index >= 15 is 0 Å². The minimum Gasteiger partial charge on any atom is -0.465 e. The molecule has 9 heteroatoms. The van der Waals surface area contributed by atoms with E-state index in [4.69, 9.17) is 14.6 Å². The summed E-state index contributed by atoms with van der Waals surface area (Å²) in [6, 6.07) is 10.4. The third-order valence-corrected chi connectivity index (χ3v) is 5.55. The molecule has 0 radical (unpaired) electrons. The lowest BCUT2D eigenvalue weighted by Gasteiger charge is -2.08. The number of aromatic nitrogens is 1. The third-order valence-electron chi connectivity index (χ3n) is 3.90. The SMILES string of the molecule is COC(=O)c1cccc(-c2ccc(/C=C3\SC(=N)N(c4nccs4)C3=O)o2)c1. The quantitative estimate of drug-likeness (QED) is 0.509. The summed E-state index contributed by atoms with van der Waals surface area (Å²) in [6.45, 7) is 0. The van der Waals surface area contributed by atoms with Gasteiger partial charge in [0.1, 0.15) is 11.5 Å². The Labute approximate surface area is 168 Å². The van der Waals surface area contributed by atoms with Gasteiger partial charge in [-0.1, -0.05) is 12.1 Å². The maximum atomic E-state index is 12.6. The van der Waals surface area contributed by atoms with Gasteiger partial charge in [0.2, 0.25) is 0 Å². The number of furan rings is 1. The van der Waals surface area contributed by atoms with Crippen molar-refractivity contribution in [2.75, 3.05) is 12.0 Å². The number of benzene rings is 1. The van der Waals surface area contributed by atoms with Gasteiger partial charge in [0.25, 0.3) is 5.91 Å². The van der Waals surface area contributed by atoms with Gasteiger partial charge in [-0.25, -0.2) is 14.7 Å². The molecule has 1 aromatic carbocycles. The lowest BCUT2D eigenvalue weighted by atomic mass is 10.1. The van der Waals surface area contributed by atoms with Crippen molar-refractivity contribution >= 4 is 51.4 Å². The van der Waals surface area contributed by atoms with Crippen molar-refractivity contribution in [3.8, 4) is 11.3 Å². The molecule has 0 saturated carbocycles. The zero-order chi connectivity index (χ0) is 19.7. The lowest BCUT2D eigenvalue weighted by molar-refractivity contribution is -0.113. The van der Waals surface area contributed by atoms with Crippen LogP contribution in [-0.4, -0.2) is 29.1 Å². The number of carbonyl (C=O) groups is 2. The predicted molar refractivity (Wildman–Crippen MR) is 108 cm³/mol. The second-order valence-corrected chi connectivity index (χ2v) is 7.55. The highest BCUT2D eigenvalue weighted by molar-refractivity contribution is 8.19. The molecule has 140 valence electrons. The molecule has 28 heavy (non-hydrogen) atoms. The van der Waals surface area contributed by atoms with Crippen LogP contribution in [0.1, 0.15) is 16.1 Å².